The second-order valence-electron chi connectivity index (χ2n) is 6.13. The topological polar surface area (TPSA) is 6.48 Å². The lowest BCUT2D eigenvalue weighted by atomic mass is 9.95. The number of hydrogen-bond acceptors (Lipinski definition) is 3. The lowest BCUT2D eigenvalue weighted by Crippen LogP contribution is -2.59. The highest BCUT2D eigenvalue weighted by Crippen LogP contribution is 2.34. The molecular weight excluding hydrogens is 252 g/mol. The molecule has 3 unspecified atom stereocenters. The molecule has 0 radical (unpaired) electrons. The summed E-state index contributed by atoms with van der Waals surface area (Å²) in [7, 11) is 0. The molecule has 1 aromatic rings. The summed E-state index contributed by atoms with van der Waals surface area (Å²) in [6, 6.07) is 6.67. The van der Waals surface area contributed by atoms with Crippen molar-refractivity contribution in [2.24, 2.45) is 0 Å². The molecule has 3 atom stereocenters. The van der Waals surface area contributed by atoms with E-state index in [1.54, 1.807) is 4.88 Å². The van der Waals surface area contributed by atoms with Crippen LogP contribution in [0.25, 0.3) is 0 Å². The highest BCUT2D eigenvalue weighted by molar-refractivity contribution is 7.10. The van der Waals surface area contributed by atoms with Gasteiger partial charge in [-0.3, -0.25) is 9.80 Å². The number of thiophene rings is 1. The van der Waals surface area contributed by atoms with E-state index < -0.39 is 0 Å². The molecule has 3 heterocycles. The fourth-order valence-corrected chi connectivity index (χ4v) is 4.82. The minimum atomic E-state index is 0.638. The van der Waals surface area contributed by atoms with Gasteiger partial charge in [-0.15, -0.1) is 11.3 Å². The molecule has 0 spiro atoms. The van der Waals surface area contributed by atoms with Gasteiger partial charge in [0.1, 0.15) is 0 Å². The molecule has 2 nitrogen and oxygen atoms in total. The van der Waals surface area contributed by atoms with Crippen LogP contribution in [-0.2, 0) is 0 Å². The Hall–Kier alpha value is -0.380. The molecule has 0 aromatic carbocycles. The van der Waals surface area contributed by atoms with Crippen molar-refractivity contribution in [3.8, 4) is 0 Å². The Morgan fingerprint density at radius 1 is 1.37 bits per heavy atom. The van der Waals surface area contributed by atoms with Crippen LogP contribution >= 0.6 is 11.3 Å². The quantitative estimate of drug-likeness (QED) is 0.830. The lowest BCUT2D eigenvalue weighted by Gasteiger charge is -2.49. The van der Waals surface area contributed by atoms with Crippen molar-refractivity contribution < 1.29 is 0 Å². The summed E-state index contributed by atoms with van der Waals surface area (Å²) < 4.78 is 0. The zero-order valence-corrected chi connectivity index (χ0v) is 13.0. The van der Waals surface area contributed by atoms with Crippen molar-refractivity contribution in [1.82, 2.24) is 9.80 Å². The van der Waals surface area contributed by atoms with Crippen molar-refractivity contribution in [3.63, 3.8) is 0 Å². The molecule has 2 fully saturated rings. The second-order valence-corrected chi connectivity index (χ2v) is 7.11. The van der Waals surface area contributed by atoms with Gasteiger partial charge in [0.2, 0.25) is 0 Å². The average Bonchev–Trinajstić information content (AvgIpc) is 2.94. The predicted octanol–water partition coefficient (Wildman–Crippen LogP) is 3.76. The van der Waals surface area contributed by atoms with Gasteiger partial charge in [0.05, 0.1) is 0 Å². The van der Waals surface area contributed by atoms with Crippen LogP contribution in [0.4, 0.5) is 0 Å². The molecule has 1 aromatic heterocycles. The Kier molecular flexibility index (Phi) is 4.25. The normalized spacial score (nSPS) is 31.1. The number of nitrogens with zero attached hydrogens (tertiary/aromatic N) is 2. The largest absolute Gasteiger partial charge is 0.298 e. The van der Waals surface area contributed by atoms with E-state index in [9.17, 15) is 0 Å². The first-order valence-corrected chi connectivity index (χ1v) is 8.70. The maximum Gasteiger partial charge on any atom is 0.0442 e. The third kappa shape index (κ3) is 2.74. The van der Waals surface area contributed by atoms with E-state index in [1.807, 2.05) is 11.3 Å². The van der Waals surface area contributed by atoms with Crippen LogP contribution < -0.4 is 0 Å². The Morgan fingerprint density at radius 2 is 2.26 bits per heavy atom. The minimum absolute atomic E-state index is 0.638. The van der Waals surface area contributed by atoms with Crippen LogP contribution in [0.2, 0.25) is 0 Å². The molecule has 0 bridgehead atoms. The first kappa shape index (κ1) is 13.6. The van der Waals surface area contributed by atoms with Crippen LogP contribution in [-0.4, -0.2) is 41.5 Å². The molecule has 0 saturated carbocycles. The smallest absolute Gasteiger partial charge is 0.0442 e. The van der Waals surface area contributed by atoms with E-state index in [-0.39, 0.29) is 0 Å². The van der Waals surface area contributed by atoms with E-state index in [2.05, 4.69) is 41.2 Å². The molecule has 2 aliphatic rings. The molecule has 2 aliphatic heterocycles. The SMILES string of the molecule is CCC(c1cccs1)N1CC2CCCCN2CC1C. The van der Waals surface area contributed by atoms with Crippen LogP contribution in [0.5, 0.6) is 0 Å². The third-order valence-corrected chi connectivity index (χ3v) is 5.87. The maximum atomic E-state index is 2.78. The van der Waals surface area contributed by atoms with Gasteiger partial charge in [0.15, 0.2) is 0 Å². The molecule has 19 heavy (non-hydrogen) atoms. The average molecular weight is 278 g/mol. The van der Waals surface area contributed by atoms with Crippen molar-refractivity contribution in [2.45, 2.75) is 57.7 Å². The van der Waals surface area contributed by atoms with Crippen LogP contribution in [0.15, 0.2) is 17.5 Å². The molecule has 3 rings (SSSR count). The van der Waals surface area contributed by atoms with Crippen molar-refractivity contribution in [3.05, 3.63) is 22.4 Å². The number of piperidine rings is 1. The number of hydrogen-bond donors (Lipinski definition) is 0. The molecule has 0 aliphatic carbocycles. The van der Waals surface area contributed by atoms with Crippen molar-refractivity contribution in [2.75, 3.05) is 19.6 Å². The van der Waals surface area contributed by atoms with Crippen LogP contribution in [0.3, 0.4) is 0 Å². The van der Waals surface area contributed by atoms with Gasteiger partial charge in [-0.25, -0.2) is 0 Å². The van der Waals surface area contributed by atoms with Gasteiger partial charge >= 0.3 is 0 Å². The number of fused-ring (bicyclic) bond motifs is 1. The molecule has 0 amide bonds. The lowest BCUT2D eigenvalue weighted by molar-refractivity contribution is -0.00868. The third-order valence-electron chi connectivity index (χ3n) is 4.89. The zero-order valence-electron chi connectivity index (χ0n) is 12.2. The van der Waals surface area contributed by atoms with E-state index >= 15 is 0 Å². The summed E-state index contributed by atoms with van der Waals surface area (Å²) in [5.74, 6) is 0. The van der Waals surface area contributed by atoms with Gasteiger partial charge in [-0.2, -0.15) is 0 Å². The first-order chi connectivity index (χ1) is 9.29. The highest BCUT2D eigenvalue weighted by Gasteiger charge is 2.36. The molecule has 2 saturated heterocycles. The molecule has 106 valence electrons. The summed E-state index contributed by atoms with van der Waals surface area (Å²) in [5.41, 5.74) is 0. The molecule has 0 N–H and O–H groups in total. The Bertz CT molecular complexity index is 389. The second kappa shape index (κ2) is 5.94. The maximum absolute atomic E-state index is 2.78. The van der Waals surface area contributed by atoms with E-state index in [0.29, 0.717) is 12.1 Å². The van der Waals surface area contributed by atoms with Crippen LogP contribution in [0.1, 0.15) is 50.4 Å². The van der Waals surface area contributed by atoms with Crippen LogP contribution in [0, 0.1) is 0 Å². The summed E-state index contributed by atoms with van der Waals surface area (Å²) >= 11 is 1.93. The van der Waals surface area contributed by atoms with Crippen molar-refractivity contribution >= 4 is 11.3 Å². The summed E-state index contributed by atoms with van der Waals surface area (Å²) in [6.07, 6.45) is 5.48. The fraction of sp³-hybridized carbons (Fsp3) is 0.750. The first-order valence-electron chi connectivity index (χ1n) is 7.82. The van der Waals surface area contributed by atoms with Gasteiger partial charge in [-0.05, 0) is 44.2 Å². The van der Waals surface area contributed by atoms with Gasteiger partial charge in [0.25, 0.3) is 0 Å². The summed E-state index contributed by atoms with van der Waals surface area (Å²) in [5, 5.41) is 2.22. The van der Waals surface area contributed by atoms with Crippen molar-refractivity contribution in [1.29, 1.82) is 0 Å². The number of piperazine rings is 1. The molecular formula is C16H26N2S. The van der Waals surface area contributed by atoms with E-state index in [4.69, 9.17) is 0 Å². The van der Waals surface area contributed by atoms with Gasteiger partial charge in [-0.1, -0.05) is 19.4 Å². The number of rotatable bonds is 3. The Labute approximate surface area is 121 Å². The van der Waals surface area contributed by atoms with E-state index in [1.165, 1.54) is 45.3 Å². The summed E-state index contributed by atoms with van der Waals surface area (Å²) in [6.45, 7) is 8.63. The fourth-order valence-electron chi connectivity index (χ4n) is 3.89. The highest BCUT2D eigenvalue weighted by atomic mass is 32.1. The minimum Gasteiger partial charge on any atom is -0.298 e. The Balaban J connectivity index is 1.75. The Morgan fingerprint density at radius 3 is 3.00 bits per heavy atom. The van der Waals surface area contributed by atoms with Gasteiger partial charge in [0, 0.05) is 36.1 Å². The predicted molar refractivity (Wildman–Crippen MR) is 82.7 cm³/mol. The zero-order chi connectivity index (χ0) is 13.2. The monoisotopic (exact) mass is 278 g/mol. The van der Waals surface area contributed by atoms with Gasteiger partial charge < -0.3 is 0 Å². The standard InChI is InChI=1S/C16H26N2S/c1-3-15(16-8-6-10-19-16)18-12-14-7-4-5-9-17(14)11-13(18)2/h6,8,10,13-15H,3-5,7,9,11-12H2,1-2H3. The molecule has 3 heteroatoms. The summed E-state index contributed by atoms with van der Waals surface area (Å²) in [4.78, 5) is 7.07. The van der Waals surface area contributed by atoms with E-state index in [0.717, 1.165) is 6.04 Å².